The average molecular weight is 984 g/mol. The minimum Gasteiger partial charge on any atom is -0.461 e. The van der Waals surface area contributed by atoms with Gasteiger partial charge in [-0.3, -0.25) is 14.4 Å². The number of halogens is 3. The van der Waals surface area contributed by atoms with E-state index < -0.39 is 83.4 Å². The van der Waals surface area contributed by atoms with Gasteiger partial charge in [-0.2, -0.15) is 13.2 Å². The number of carbonyl (C=O) groups excluding carboxylic acids is 4. The largest absolute Gasteiger partial charge is 0.461 e. The maximum atomic E-state index is 14.9. The topological polar surface area (TPSA) is 143 Å². The number of alkyl carbamates (subject to hydrolysis) is 1. The van der Waals surface area contributed by atoms with Crippen molar-refractivity contribution >= 4 is 35.6 Å². The van der Waals surface area contributed by atoms with Crippen LogP contribution in [0.3, 0.4) is 0 Å². The van der Waals surface area contributed by atoms with E-state index in [0.29, 0.717) is 0 Å². The van der Waals surface area contributed by atoms with Gasteiger partial charge < -0.3 is 30.5 Å². The fourth-order valence-electron chi connectivity index (χ4n) is 9.10. The number of amides is 3. The number of hydrogen-bond acceptors (Lipinski definition) is 8. The van der Waals surface area contributed by atoms with Crippen molar-refractivity contribution in [3.05, 3.63) is 215 Å². The lowest BCUT2D eigenvalue weighted by Gasteiger charge is -2.37. The number of benzene rings is 6. The summed E-state index contributed by atoms with van der Waals surface area (Å²) in [4.78, 5) is 56.3. The maximum absolute atomic E-state index is 14.9. The van der Waals surface area contributed by atoms with Crippen LogP contribution in [0, 0.1) is 5.92 Å². The second-order valence-electron chi connectivity index (χ2n) is 17.6. The number of rotatable bonds is 21. The summed E-state index contributed by atoms with van der Waals surface area (Å²) in [5, 5.41) is 19.6. The summed E-state index contributed by atoms with van der Waals surface area (Å²) in [6, 6.07) is 44.8. The van der Waals surface area contributed by atoms with E-state index in [4.69, 9.17) is 9.47 Å². The van der Waals surface area contributed by atoms with Crippen LogP contribution in [0.25, 0.3) is 11.1 Å². The van der Waals surface area contributed by atoms with Gasteiger partial charge in [-0.1, -0.05) is 184 Å². The monoisotopic (exact) mass is 983 g/mol. The van der Waals surface area contributed by atoms with E-state index in [9.17, 15) is 37.5 Å². The molecular formula is C57H56F3N3O7S. The van der Waals surface area contributed by atoms with Gasteiger partial charge in [0.05, 0.1) is 28.9 Å². The third kappa shape index (κ3) is 12.4. The molecule has 0 saturated carbocycles. The second kappa shape index (κ2) is 23.6. The molecule has 368 valence electrons. The van der Waals surface area contributed by atoms with Crippen LogP contribution in [0.5, 0.6) is 0 Å². The Morgan fingerprint density at radius 1 is 0.662 bits per heavy atom. The average Bonchev–Trinajstić information content (AvgIpc) is 3.70. The van der Waals surface area contributed by atoms with E-state index in [2.05, 4.69) is 22.5 Å². The number of aliphatic hydroxyl groups is 1. The zero-order valence-corrected chi connectivity index (χ0v) is 40.1. The van der Waals surface area contributed by atoms with Crippen molar-refractivity contribution in [2.75, 3.05) is 19.0 Å². The van der Waals surface area contributed by atoms with E-state index >= 15 is 0 Å². The van der Waals surface area contributed by atoms with Gasteiger partial charge >= 0.3 is 18.2 Å². The highest BCUT2D eigenvalue weighted by atomic mass is 32.2. The smallest absolute Gasteiger partial charge is 0.416 e. The molecule has 1 aliphatic carbocycles. The van der Waals surface area contributed by atoms with Gasteiger partial charge in [-0.15, -0.1) is 11.8 Å². The van der Waals surface area contributed by atoms with Crippen molar-refractivity contribution in [2.45, 2.75) is 67.8 Å². The van der Waals surface area contributed by atoms with Gasteiger partial charge in [-0.25, -0.2) is 4.79 Å². The first-order valence-electron chi connectivity index (χ1n) is 23.3. The molecule has 3 amide bonds. The van der Waals surface area contributed by atoms with E-state index in [-0.39, 0.29) is 30.4 Å². The van der Waals surface area contributed by atoms with Crippen molar-refractivity contribution in [1.82, 2.24) is 16.0 Å². The minimum atomic E-state index is -4.80. The van der Waals surface area contributed by atoms with Crippen molar-refractivity contribution in [2.24, 2.45) is 5.92 Å². The van der Waals surface area contributed by atoms with E-state index in [1.165, 1.54) is 36.0 Å². The fourth-order valence-corrected chi connectivity index (χ4v) is 10.7. The second-order valence-corrected chi connectivity index (χ2v) is 18.8. The van der Waals surface area contributed by atoms with Crippen molar-refractivity contribution < 1.29 is 46.9 Å². The molecule has 7 rings (SSSR count). The molecule has 0 aliphatic heterocycles. The summed E-state index contributed by atoms with van der Waals surface area (Å²) in [7, 11) is 0. The summed E-state index contributed by atoms with van der Waals surface area (Å²) in [6.07, 6.45) is -6.99. The zero-order valence-electron chi connectivity index (χ0n) is 39.3. The van der Waals surface area contributed by atoms with Gasteiger partial charge in [-0.05, 0) is 56.5 Å². The van der Waals surface area contributed by atoms with Crippen LogP contribution in [-0.4, -0.2) is 72.2 Å². The molecule has 0 bridgehead atoms. The number of carbonyl (C=O) groups is 4. The van der Waals surface area contributed by atoms with Gasteiger partial charge in [0.1, 0.15) is 25.3 Å². The molecule has 0 aromatic heterocycles. The summed E-state index contributed by atoms with van der Waals surface area (Å²) in [5.41, 5.74) is 5.08. The van der Waals surface area contributed by atoms with E-state index in [0.717, 1.165) is 45.0 Å². The van der Waals surface area contributed by atoms with Crippen molar-refractivity contribution in [1.29, 1.82) is 0 Å². The number of aliphatic hydroxyl groups excluding tert-OH is 1. The molecule has 0 unspecified atom stereocenters. The molecule has 0 spiro atoms. The predicted molar refractivity (Wildman–Crippen MR) is 269 cm³/mol. The molecule has 0 radical (unpaired) electrons. The molecule has 0 saturated heterocycles. The fraction of sp³-hybridized carbons (Fsp3) is 0.263. The number of hydrogen-bond donors (Lipinski definition) is 4. The van der Waals surface area contributed by atoms with Gasteiger partial charge in [0.2, 0.25) is 11.8 Å². The van der Waals surface area contributed by atoms with Gasteiger partial charge in [0, 0.05) is 18.1 Å². The highest BCUT2D eigenvalue weighted by Crippen LogP contribution is 2.49. The summed E-state index contributed by atoms with van der Waals surface area (Å²) in [6.45, 7) is 6.80. The molecule has 0 heterocycles. The maximum Gasteiger partial charge on any atom is 0.416 e. The number of ether oxygens (including phenoxy) is 2. The number of alkyl halides is 3. The molecule has 1 aliphatic rings. The van der Waals surface area contributed by atoms with Crippen LogP contribution >= 0.6 is 11.8 Å². The Bertz CT molecular complexity index is 2630. The quantitative estimate of drug-likeness (QED) is 0.0317. The summed E-state index contributed by atoms with van der Waals surface area (Å²) >= 11 is 1.33. The third-order valence-corrected chi connectivity index (χ3v) is 14.2. The normalized spacial score (nSPS) is 14.0. The number of nitrogens with one attached hydrogen (secondary N) is 3. The predicted octanol–water partition coefficient (Wildman–Crippen LogP) is 9.99. The Hall–Kier alpha value is -7.16. The molecule has 0 fully saturated rings. The molecule has 6 aromatic carbocycles. The molecule has 14 heteroatoms. The summed E-state index contributed by atoms with van der Waals surface area (Å²) in [5.74, 6) is -3.41. The zero-order chi connectivity index (χ0) is 50.5. The lowest BCUT2D eigenvalue weighted by atomic mass is 9.84. The first-order valence-corrected chi connectivity index (χ1v) is 24.3. The van der Waals surface area contributed by atoms with Crippen LogP contribution in [0.15, 0.2) is 176 Å². The van der Waals surface area contributed by atoms with E-state index in [1.54, 1.807) is 13.8 Å². The van der Waals surface area contributed by atoms with Crippen LogP contribution in [0.2, 0.25) is 0 Å². The molecule has 4 atom stereocenters. The first-order chi connectivity index (χ1) is 34.2. The Morgan fingerprint density at radius 3 is 1.68 bits per heavy atom. The van der Waals surface area contributed by atoms with Crippen molar-refractivity contribution in [3.63, 3.8) is 0 Å². The SMILES string of the molecule is C=CCOC(=O)C[C@H](O)[C@H](NC(=O)[C@@H](CSC(c1ccccc1)(c1ccccc1)c1ccccc1)NC(=O)[C@@H](Cc1ccccc1C(F)(F)F)NC(=O)OCC1c2ccccc2-c2ccccc21)C(C)C. The highest BCUT2D eigenvalue weighted by Gasteiger charge is 2.41. The standard InChI is InChI=1S/C57H56F3N3O7S/c1-4-32-69-51(65)34-50(64)52(37(2)3)63-54(67)49(36-71-56(39-21-8-5-9-22-39,40-23-10-6-11-24-40)41-25-12-7-13-26-41)61-53(66)48(33-38-20-14-19-31-47(38)57(58,59)60)62-55(68)70-35-46-44-29-17-15-27-42(44)43-28-16-18-30-45(43)46/h4-31,37,46,48-50,52,64H,1,32-36H2,2-3H3,(H,61,66)(H,62,68)(H,63,67)/t48-,49-,50+,52-/m1/s1. The van der Waals surface area contributed by atoms with Crippen LogP contribution < -0.4 is 16.0 Å². The Kier molecular flexibility index (Phi) is 17.2. The summed E-state index contributed by atoms with van der Waals surface area (Å²) < 4.78 is 53.5. The van der Waals surface area contributed by atoms with Crippen molar-refractivity contribution in [3.8, 4) is 11.1 Å². The molecule has 71 heavy (non-hydrogen) atoms. The minimum absolute atomic E-state index is 0.0831. The van der Waals surface area contributed by atoms with Crippen LogP contribution in [0.4, 0.5) is 18.0 Å². The van der Waals surface area contributed by atoms with Crippen LogP contribution in [0.1, 0.15) is 65.1 Å². The Balaban J connectivity index is 1.24. The number of esters is 1. The Morgan fingerprint density at radius 2 is 1.15 bits per heavy atom. The first kappa shape index (κ1) is 51.7. The number of thioether (sulfide) groups is 1. The molecule has 10 nitrogen and oxygen atoms in total. The molecule has 4 N–H and O–H groups in total. The number of fused-ring (bicyclic) bond motifs is 3. The van der Waals surface area contributed by atoms with Crippen LogP contribution in [-0.2, 0) is 41.2 Å². The Labute approximate surface area is 416 Å². The highest BCUT2D eigenvalue weighted by molar-refractivity contribution is 8.00. The lowest BCUT2D eigenvalue weighted by molar-refractivity contribution is -0.145. The van der Waals surface area contributed by atoms with Gasteiger partial charge in [0.25, 0.3) is 0 Å². The lowest BCUT2D eigenvalue weighted by Crippen LogP contribution is -2.58. The third-order valence-electron chi connectivity index (χ3n) is 12.5. The molecule has 6 aromatic rings. The van der Waals surface area contributed by atoms with Gasteiger partial charge in [0.15, 0.2) is 0 Å². The van der Waals surface area contributed by atoms with E-state index in [1.807, 2.05) is 140 Å². The molecular weight excluding hydrogens is 928 g/mol.